The minimum Gasteiger partial charge on any atom is -0.374 e. The van der Waals surface area contributed by atoms with Gasteiger partial charge in [-0.3, -0.25) is 0 Å². The predicted molar refractivity (Wildman–Crippen MR) is 82.6 cm³/mol. The molecule has 3 nitrogen and oxygen atoms in total. The van der Waals surface area contributed by atoms with Crippen molar-refractivity contribution >= 4 is 15.9 Å². The lowest BCUT2D eigenvalue weighted by Gasteiger charge is -2.29. The Balaban J connectivity index is 1.81. The molecule has 0 radical (unpaired) electrons. The average Bonchev–Trinajstić information content (AvgIpc) is 2.40. The maximum atomic E-state index is 5.68. The Bertz CT molecular complexity index is 386. The number of ether oxygens (including phenoxy) is 1. The van der Waals surface area contributed by atoms with Gasteiger partial charge in [-0.1, -0.05) is 41.9 Å². The lowest BCUT2D eigenvalue weighted by molar-refractivity contribution is 0.0287. The van der Waals surface area contributed by atoms with Gasteiger partial charge in [-0.05, 0) is 17.7 Å². The quantitative estimate of drug-likeness (QED) is 0.871. The van der Waals surface area contributed by atoms with Gasteiger partial charge in [-0.15, -0.1) is 0 Å². The highest BCUT2D eigenvalue weighted by Gasteiger charge is 2.21. The van der Waals surface area contributed by atoms with Gasteiger partial charge in [0.25, 0.3) is 0 Å². The molecule has 19 heavy (non-hydrogen) atoms. The monoisotopic (exact) mass is 326 g/mol. The predicted octanol–water partition coefficient (Wildman–Crippen LogP) is 2.30. The number of nitrogens with one attached hydrogen (secondary N) is 2. The van der Waals surface area contributed by atoms with Crippen LogP contribution >= 0.6 is 15.9 Å². The molecule has 0 aliphatic carbocycles. The van der Waals surface area contributed by atoms with E-state index in [2.05, 4.69) is 64.7 Å². The first kappa shape index (κ1) is 15.0. The van der Waals surface area contributed by atoms with Crippen LogP contribution in [0.4, 0.5) is 0 Å². The van der Waals surface area contributed by atoms with Crippen LogP contribution in [-0.4, -0.2) is 38.9 Å². The molecule has 0 saturated carbocycles. The molecule has 0 aromatic heterocycles. The molecule has 106 valence electrons. The van der Waals surface area contributed by atoms with Crippen molar-refractivity contribution in [1.29, 1.82) is 0 Å². The van der Waals surface area contributed by atoms with Crippen molar-refractivity contribution in [3.63, 3.8) is 0 Å². The minimum atomic E-state index is 0.128. The van der Waals surface area contributed by atoms with E-state index in [1.165, 1.54) is 5.56 Å². The Labute approximate surface area is 124 Å². The van der Waals surface area contributed by atoms with Gasteiger partial charge in [0.15, 0.2) is 0 Å². The van der Waals surface area contributed by atoms with Gasteiger partial charge in [0.05, 0.1) is 12.7 Å². The summed E-state index contributed by atoms with van der Waals surface area (Å²) in [6.07, 6.45) is 0.300. The molecule has 4 heteroatoms. The summed E-state index contributed by atoms with van der Waals surface area (Å²) < 4.78 is 6.81. The normalized spacial score (nSPS) is 20.5. The van der Waals surface area contributed by atoms with Crippen LogP contribution in [0.2, 0.25) is 0 Å². The van der Waals surface area contributed by atoms with E-state index in [1.54, 1.807) is 0 Å². The van der Waals surface area contributed by atoms with E-state index in [4.69, 9.17) is 4.74 Å². The van der Waals surface area contributed by atoms with Crippen LogP contribution in [0.5, 0.6) is 0 Å². The molecule has 2 N–H and O–H groups in total. The summed E-state index contributed by atoms with van der Waals surface area (Å²) in [7, 11) is 0. The lowest BCUT2D eigenvalue weighted by atomic mass is 9.84. The second-order valence-corrected chi connectivity index (χ2v) is 6.63. The molecule has 1 aliphatic rings. The van der Waals surface area contributed by atoms with Crippen LogP contribution in [-0.2, 0) is 10.2 Å². The first-order valence-electron chi connectivity index (χ1n) is 6.87. The summed E-state index contributed by atoms with van der Waals surface area (Å²) in [4.78, 5) is 0. The molecular weight excluding hydrogens is 304 g/mol. The molecule has 0 spiro atoms. The number of hydrogen-bond acceptors (Lipinski definition) is 3. The molecule has 1 saturated heterocycles. The van der Waals surface area contributed by atoms with E-state index in [-0.39, 0.29) is 5.41 Å². The third-order valence-electron chi connectivity index (χ3n) is 3.57. The zero-order valence-electron chi connectivity index (χ0n) is 11.7. The van der Waals surface area contributed by atoms with Crippen LogP contribution in [0.25, 0.3) is 0 Å². The Morgan fingerprint density at radius 1 is 1.37 bits per heavy atom. The number of benzene rings is 1. The molecule has 0 amide bonds. The molecule has 1 heterocycles. The highest BCUT2D eigenvalue weighted by molar-refractivity contribution is 9.10. The summed E-state index contributed by atoms with van der Waals surface area (Å²) in [6.45, 7) is 9.14. The number of halogens is 1. The van der Waals surface area contributed by atoms with Crippen molar-refractivity contribution in [2.45, 2.75) is 25.4 Å². The van der Waals surface area contributed by atoms with Gasteiger partial charge >= 0.3 is 0 Å². The van der Waals surface area contributed by atoms with Gasteiger partial charge in [-0.2, -0.15) is 0 Å². The molecule has 1 atom stereocenters. The van der Waals surface area contributed by atoms with Crippen LogP contribution in [0.1, 0.15) is 19.4 Å². The second-order valence-electron chi connectivity index (χ2n) is 5.72. The topological polar surface area (TPSA) is 33.3 Å². The van der Waals surface area contributed by atoms with Crippen LogP contribution in [0.3, 0.4) is 0 Å². The van der Waals surface area contributed by atoms with E-state index in [9.17, 15) is 0 Å². The van der Waals surface area contributed by atoms with Crippen molar-refractivity contribution < 1.29 is 4.74 Å². The molecule has 2 rings (SSSR count). The standard InChI is InChI=1S/C15H23BrN2O/c1-15(2,12-3-5-13(16)6-4-12)11-18-10-14-9-17-7-8-19-14/h3-6,14,17-18H,7-11H2,1-2H3. The maximum absolute atomic E-state index is 5.68. The SMILES string of the molecule is CC(C)(CNCC1CNCCO1)c1ccc(Br)cc1. The van der Waals surface area contributed by atoms with E-state index >= 15 is 0 Å². The van der Waals surface area contributed by atoms with Gasteiger partial charge in [0.2, 0.25) is 0 Å². The Morgan fingerprint density at radius 3 is 2.74 bits per heavy atom. The van der Waals surface area contributed by atoms with Gasteiger partial charge in [0, 0.05) is 36.1 Å². The van der Waals surface area contributed by atoms with Crippen LogP contribution in [0, 0.1) is 0 Å². The third-order valence-corrected chi connectivity index (χ3v) is 4.10. The van der Waals surface area contributed by atoms with E-state index in [1.807, 2.05) is 0 Å². The van der Waals surface area contributed by atoms with Gasteiger partial charge < -0.3 is 15.4 Å². The summed E-state index contributed by atoms with van der Waals surface area (Å²) in [6, 6.07) is 8.57. The van der Waals surface area contributed by atoms with Crippen molar-refractivity contribution in [2.75, 3.05) is 32.8 Å². The minimum absolute atomic E-state index is 0.128. The zero-order chi connectivity index (χ0) is 13.7. The molecule has 0 bridgehead atoms. The summed E-state index contributed by atoms with van der Waals surface area (Å²) in [5.41, 5.74) is 1.48. The smallest absolute Gasteiger partial charge is 0.0824 e. The van der Waals surface area contributed by atoms with Crippen molar-refractivity contribution in [1.82, 2.24) is 10.6 Å². The first-order chi connectivity index (χ1) is 9.08. The van der Waals surface area contributed by atoms with E-state index in [0.717, 1.165) is 37.3 Å². The van der Waals surface area contributed by atoms with Crippen molar-refractivity contribution in [3.05, 3.63) is 34.3 Å². The highest BCUT2D eigenvalue weighted by Crippen LogP contribution is 2.23. The Hall–Kier alpha value is -0.420. The summed E-state index contributed by atoms with van der Waals surface area (Å²) >= 11 is 3.48. The molecule has 1 unspecified atom stereocenters. The molecule has 1 aromatic rings. The van der Waals surface area contributed by atoms with E-state index in [0.29, 0.717) is 6.10 Å². The van der Waals surface area contributed by atoms with Crippen molar-refractivity contribution in [2.24, 2.45) is 0 Å². The molecule has 1 fully saturated rings. The van der Waals surface area contributed by atoms with Crippen LogP contribution < -0.4 is 10.6 Å². The lowest BCUT2D eigenvalue weighted by Crippen LogP contribution is -2.46. The number of rotatable bonds is 5. The fourth-order valence-corrected chi connectivity index (χ4v) is 2.56. The highest BCUT2D eigenvalue weighted by atomic mass is 79.9. The maximum Gasteiger partial charge on any atom is 0.0824 e. The molecule has 1 aromatic carbocycles. The van der Waals surface area contributed by atoms with Crippen LogP contribution in [0.15, 0.2) is 28.7 Å². The number of hydrogen-bond donors (Lipinski definition) is 2. The molecule has 1 aliphatic heterocycles. The Morgan fingerprint density at radius 2 is 2.11 bits per heavy atom. The van der Waals surface area contributed by atoms with E-state index < -0.39 is 0 Å². The fraction of sp³-hybridized carbons (Fsp3) is 0.600. The molecular formula is C15H23BrN2O. The fourth-order valence-electron chi connectivity index (χ4n) is 2.30. The van der Waals surface area contributed by atoms with Crippen molar-refractivity contribution in [3.8, 4) is 0 Å². The summed E-state index contributed by atoms with van der Waals surface area (Å²) in [5.74, 6) is 0. The average molecular weight is 327 g/mol. The Kier molecular flexibility index (Phi) is 5.39. The largest absolute Gasteiger partial charge is 0.374 e. The first-order valence-corrected chi connectivity index (χ1v) is 7.66. The summed E-state index contributed by atoms with van der Waals surface area (Å²) in [5, 5.41) is 6.88. The van der Waals surface area contributed by atoms with Gasteiger partial charge in [-0.25, -0.2) is 0 Å². The number of morpholine rings is 1. The van der Waals surface area contributed by atoms with Gasteiger partial charge in [0.1, 0.15) is 0 Å². The zero-order valence-corrected chi connectivity index (χ0v) is 13.3. The second kappa shape index (κ2) is 6.84. The third kappa shape index (κ3) is 4.56.